The summed E-state index contributed by atoms with van der Waals surface area (Å²) in [5.41, 5.74) is 2.79. The quantitative estimate of drug-likeness (QED) is 0.745. The molecule has 0 atom stereocenters. The zero-order valence-electron chi connectivity index (χ0n) is 14.0. The van der Waals surface area contributed by atoms with E-state index in [1.807, 2.05) is 0 Å². The Morgan fingerprint density at radius 2 is 1.90 bits per heavy atom. The van der Waals surface area contributed by atoms with Crippen molar-refractivity contribution in [1.82, 2.24) is 10.2 Å². The molecule has 0 fully saturated rings. The van der Waals surface area contributed by atoms with Crippen LogP contribution in [0.15, 0.2) is 18.2 Å². The first-order valence-corrected chi connectivity index (χ1v) is 8.29. The SMILES string of the molecule is CC(C)N(CCNCCc1ccc2c(c1)CCO2)C(C)C. The van der Waals surface area contributed by atoms with Gasteiger partial charge < -0.3 is 10.1 Å². The molecular weight excluding hydrogens is 260 g/mol. The minimum Gasteiger partial charge on any atom is -0.493 e. The molecule has 1 aromatic rings. The molecule has 1 heterocycles. The Hall–Kier alpha value is -1.06. The fourth-order valence-electron chi connectivity index (χ4n) is 3.07. The highest BCUT2D eigenvalue weighted by Crippen LogP contribution is 2.25. The molecule has 1 aliphatic rings. The molecule has 0 saturated carbocycles. The second-order valence-electron chi connectivity index (χ2n) is 6.47. The van der Waals surface area contributed by atoms with Crippen LogP contribution in [0.2, 0.25) is 0 Å². The molecule has 2 rings (SSSR count). The van der Waals surface area contributed by atoms with Crippen molar-refractivity contribution in [3.63, 3.8) is 0 Å². The number of nitrogens with one attached hydrogen (secondary N) is 1. The van der Waals surface area contributed by atoms with Crippen LogP contribution in [0.4, 0.5) is 0 Å². The molecule has 0 spiro atoms. The Morgan fingerprint density at radius 1 is 1.14 bits per heavy atom. The molecule has 0 bridgehead atoms. The lowest BCUT2D eigenvalue weighted by Gasteiger charge is -2.30. The van der Waals surface area contributed by atoms with Gasteiger partial charge in [0.1, 0.15) is 5.75 Å². The van der Waals surface area contributed by atoms with Crippen molar-refractivity contribution in [2.45, 2.75) is 52.6 Å². The average molecular weight is 290 g/mol. The Kier molecular flexibility index (Phi) is 6.07. The zero-order valence-corrected chi connectivity index (χ0v) is 14.0. The summed E-state index contributed by atoms with van der Waals surface area (Å²) in [5, 5.41) is 3.57. The topological polar surface area (TPSA) is 24.5 Å². The van der Waals surface area contributed by atoms with Crippen LogP contribution < -0.4 is 10.1 Å². The first-order valence-electron chi connectivity index (χ1n) is 8.29. The van der Waals surface area contributed by atoms with Crippen molar-refractivity contribution in [1.29, 1.82) is 0 Å². The number of nitrogens with zero attached hydrogens (tertiary/aromatic N) is 1. The molecule has 0 radical (unpaired) electrons. The van der Waals surface area contributed by atoms with Crippen LogP contribution in [0.5, 0.6) is 5.75 Å². The second-order valence-corrected chi connectivity index (χ2v) is 6.47. The highest BCUT2D eigenvalue weighted by molar-refractivity contribution is 5.39. The highest BCUT2D eigenvalue weighted by Gasteiger charge is 2.13. The first kappa shape index (κ1) is 16.3. The molecule has 3 heteroatoms. The van der Waals surface area contributed by atoms with E-state index < -0.39 is 0 Å². The van der Waals surface area contributed by atoms with E-state index in [1.54, 1.807) is 0 Å². The van der Waals surface area contributed by atoms with E-state index in [0.29, 0.717) is 12.1 Å². The summed E-state index contributed by atoms with van der Waals surface area (Å²) in [6.07, 6.45) is 2.16. The molecular formula is C18H30N2O. The van der Waals surface area contributed by atoms with Gasteiger partial charge in [0.2, 0.25) is 0 Å². The largest absolute Gasteiger partial charge is 0.493 e. The van der Waals surface area contributed by atoms with Crippen LogP contribution in [-0.2, 0) is 12.8 Å². The van der Waals surface area contributed by atoms with Crippen LogP contribution >= 0.6 is 0 Å². The van der Waals surface area contributed by atoms with E-state index >= 15 is 0 Å². The third-order valence-electron chi connectivity index (χ3n) is 4.22. The smallest absolute Gasteiger partial charge is 0.122 e. The lowest BCUT2D eigenvalue weighted by Crippen LogP contribution is -2.41. The molecule has 0 saturated heterocycles. The number of hydrogen-bond acceptors (Lipinski definition) is 3. The van der Waals surface area contributed by atoms with E-state index in [-0.39, 0.29) is 0 Å². The minimum absolute atomic E-state index is 0.614. The first-order chi connectivity index (χ1) is 10.1. The summed E-state index contributed by atoms with van der Waals surface area (Å²) in [7, 11) is 0. The zero-order chi connectivity index (χ0) is 15.2. The highest BCUT2D eigenvalue weighted by atomic mass is 16.5. The monoisotopic (exact) mass is 290 g/mol. The molecule has 0 aliphatic carbocycles. The molecule has 1 aliphatic heterocycles. The molecule has 3 nitrogen and oxygen atoms in total. The third kappa shape index (κ3) is 4.72. The van der Waals surface area contributed by atoms with Gasteiger partial charge in [-0.25, -0.2) is 0 Å². The van der Waals surface area contributed by atoms with E-state index in [1.165, 1.54) is 11.1 Å². The van der Waals surface area contributed by atoms with E-state index in [0.717, 1.165) is 44.8 Å². The van der Waals surface area contributed by atoms with E-state index in [2.05, 4.69) is 56.1 Å². The maximum atomic E-state index is 5.55. The van der Waals surface area contributed by atoms with E-state index in [9.17, 15) is 0 Å². The van der Waals surface area contributed by atoms with Gasteiger partial charge in [-0.15, -0.1) is 0 Å². The van der Waals surface area contributed by atoms with Gasteiger partial charge in [0.15, 0.2) is 0 Å². The van der Waals surface area contributed by atoms with Gasteiger partial charge in [0, 0.05) is 31.6 Å². The van der Waals surface area contributed by atoms with Crippen molar-refractivity contribution in [2.75, 3.05) is 26.2 Å². The predicted octanol–water partition coefficient (Wildman–Crippen LogP) is 2.87. The summed E-state index contributed by atoms with van der Waals surface area (Å²) >= 11 is 0. The minimum atomic E-state index is 0.614. The molecule has 0 unspecified atom stereocenters. The van der Waals surface area contributed by atoms with Gasteiger partial charge in [-0.3, -0.25) is 4.90 Å². The number of hydrogen-bond donors (Lipinski definition) is 1. The van der Waals surface area contributed by atoms with Crippen molar-refractivity contribution in [3.8, 4) is 5.75 Å². The van der Waals surface area contributed by atoms with Gasteiger partial charge in [-0.2, -0.15) is 0 Å². The van der Waals surface area contributed by atoms with Crippen molar-refractivity contribution >= 4 is 0 Å². The number of ether oxygens (including phenoxy) is 1. The second kappa shape index (κ2) is 7.81. The van der Waals surface area contributed by atoms with Gasteiger partial charge in [0.05, 0.1) is 6.61 Å². The van der Waals surface area contributed by atoms with E-state index in [4.69, 9.17) is 4.74 Å². The summed E-state index contributed by atoms with van der Waals surface area (Å²) in [4.78, 5) is 2.53. The number of fused-ring (bicyclic) bond motifs is 1. The standard InChI is InChI=1S/C18H30N2O/c1-14(2)20(15(3)4)11-10-19-9-7-16-5-6-18-17(13-16)8-12-21-18/h5-6,13-15,19H,7-12H2,1-4H3. The summed E-state index contributed by atoms with van der Waals surface area (Å²) in [5.74, 6) is 1.08. The van der Waals surface area contributed by atoms with Crippen LogP contribution in [0.25, 0.3) is 0 Å². The maximum absolute atomic E-state index is 5.55. The Labute approximate surface area is 129 Å². The average Bonchev–Trinajstić information content (AvgIpc) is 2.89. The lowest BCUT2D eigenvalue weighted by atomic mass is 10.1. The van der Waals surface area contributed by atoms with Crippen LogP contribution in [0.1, 0.15) is 38.8 Å². The lowest BCUT2D eigenvalue weighted by molar-refractivity contribution is 0.176. The van der Waals surface area contributed by atoms with Gasteiger partial charge in [-0.05, 0) is 57.9 Å². The van der Waals surface area contributed by atoms with Gasteiger partial charge >= 0.3 is 0 Å². The molecule has 118 valence electrons. The summed E-state index contributed by atoms with van der Waals surface area (Å²) in [6.45, 7) is 13.1. The van der Waals surface area contributed by atoms with Crippen molar-refractivity contribution < 1.29 is 4.74 Å². The number of benzene rings is 1. The predicted molar refractivity (Wildman–Crippen MR) is 89.2 cm³/mol. The Morgan fingerprint density at radius 3 is 2.62 bits per heavy atom. The Balaban J connectivity index is 1.68. The van der Waals surface area contributed by atoms with Crippen molar-refractivity contribution in [2.24, 2.45) is 0 Å². The van der Waals surface area contributed by atoms with Crippen LogP contribution in [-0.4, -0.2) is 43.2 Å². The normalized spacial score (nSPS) is 14.0. The molecule has 21 heavy (non-hydrogen) atoms. The van der Waals surface area contributed by atoms with Crippen molar-refractivity contribution in [3.05, 3.63) is 29.3 Å². The van der Waals surface area contributed by atoms with Gasteiger partial charge in [0.25, 0.3) is 0 Å². The number of rotatable bonds is 8. The fraction of sp³-hybridized carbons (Fsp3) is 0.667. The molecule has 1 aromatic carbocycles. The molecule has 1 N–H and O–H groups in total. The van der Waals surface area contributed by atoms with Crippen LogP contribution in [0.3, 0.4) is 0 Å². The summed E-state index contributed by atoms with van der Waals surface area (Å²) in [6, 6.07) is 7.85. The molecule has 0 amide bonds. The van der Waals surface area contributed by atoms with Crippen LogP contribution in [0, 0.1) is 0 Å². The molecule has 0 aromatic heterocycles. The Bertz CT molecular complexity index is 435. The summed E-state index contributed by atoms with van der Waals surface area (Å²) < 4.78 is 5.55. The van der Waals surface area contributed by atoms with Gasteiger partial charge in [-0.1, -0.05) is 12.1 Å². The fourth-order valence-corrected chi connectivity index (χ4v) is 3.07. The third-order valence-corrected chi connectivity index (χ3v) is 4.22. The maximum Gasteiger partial charge on any atom is 0.122 e.